The SMILES string of the molecule is CC(CNC(=O)[C@H]1CNCCO1)N1CCc2sccc2C1.Cl.Cl. The molecule has 132 valence electrons. The highest BCUT2D eigenvalue weighted by molar-refractivity contribution is 7.10. The summed E-state index contributed by atoms with van der Waals surface area (Å²) in [4.78, 5) is 16.0. The molecule has 0 saturated carbocycles. The zero-order chi connectivity index (χ0) is 14.7. The van der Waals surface area contributed by atoms with Crippen molar-refractivity contribution < 1.29 is 9.53 Å². The van der Waals surface area contributed by atoms with Crippen LogP contribution in [0.5, 0.6) is 0 Å². The van der Waals surface area contributed by atoms with Gasteiger partial charge in [0.1, 0.15) is 6.10 Å². The number of halogens is 2. The molecule has 0 bridgehead atoms. The van der Waals surface area contributed by atoms with E-state index in [0.717, 1.165) is 26.1 Å². The largest absolute Gasteiger partial charge is 0.366 e. The highest BCUT2D eigenvalue weighted by Gasteiger charge is 2.24. The lowest BCUT2D eigenvalue weighted by Crippen LogP contribution is -2.51. The molecule has 1 aromatic rings. The summed E-state index contributed by atoms with van der Waals surface area (Å²) in [6.07, 6.45) is 0.789. The van der Waals surface area contributed by atoms with Crippen LogP contribution in [-0.4, -0.2) is 55.7 Å². The van der Waals surface area contributed by atoms with Crippen molar-refractivity contribution in [3.8, 4) is 0 Å². The van der Waals surface area contributed by atoms with Crippen molar-refractivity contribution in [3.63, 3.8) is 0 Å². The van der Waals surface area contributed by atoms with E-state index in [1.54, 1.807) is 0 Å². The van der Waals surface area contributed by atoms with Gasteiger partial charge in [0.05, 0.1) is 6.61 Å². The number of ether oxygens (including phenoxy) is 1. The maximum absolute atomic E-state index is 12.0. The van der Waals surface area contributed by atoms with Gasteiger partial charge < -0.3 is 15.4 Å². The van der Waals surface area contributed by atoms with Crippen molar-refractivity contribution in [2.45, 2.75) is 32.0 Å². The van der Waals surface area contributed by atoms with Crippen molar-refractivity contribution in [1.82, 2.24) is 15.5 Å². The van der Waals surface area contributed by atoms with Crippen LogP contribution in [0.2, 0.25) is 0 Å². The highest BCUT2D eigenvalue weighted by atomic mass is 35.5. The number of thiophene rings is 1. The Morgan fingerprint density at radius 2 is 2.39 bits per heavy atom. The number of morpholine rings is 1. The van der Waals surface area contributed by atoms with E-state index in [-0.39, 0.29) is 36.8 Å². The van der Waals surface area contributed by atoms with Crippen LogP contribution in [0.25, 0.3) is 0 Å². The molecular formula is C15H25Cl2N3O2S. The molecule has 2 N–H and O–H groups in total. The predicted molar refractivity (Wildman–Crippen MR) is 98.0 cm³/mol. The number of carbonyl (C=O) groups is 1. The zero-order valence-electron chi connectivity index (χ0n) is 13.2. The van der Waals surface area contributed by atoms with Crippen LogP contribution >= 0.6 is 36.2 Å². The minimum absolute atomic E-state index is 0. The molecule has 5 nitrogen and oxygen atoms in total. The summed E-state index contributed by atoms with van der Waals surface area (Å²) in [6, 6.07) is 2.57. The average Bonchev–Trinajstić information content (AvgIpc) is 3.00. The first-order valence-corrected chi connectivity index (χ1v) is 8.51. The summed E-state index contributed by atoms with van der Waals surface area (Å²) < 4.78 is 5.47. The van der Waals surface area contributed by atoms with Gasteiger partial charge in [-0.25, -0.2) is 0 Å². The number of nitrogens with zero attached hydrogens (tertiary/aromatic N) is 1. The number of nitrogens with one attached hydrogen (secondary N) is 2. The molecular weight excluding hydrogens is 357 g/mol. The molecule has 3 rings (SSSR count). The van der Waals surface area contributed by atoms with Gasteiger partial charge in [0.15, 0.2) is 0 Å². The standard InChI is InChI=1S/C15H23N3O2S.2ClH/c1-11(8-17-15(19)13-9-16-4-6-20-13)18-5-2-14-12(10-18)3-7-21-14;;/h3,7,11,13,16H,2,4-6,8-10H2,1H3,(H,17,19);2*1H/t11?,13-;;/m1../s1. The molecule has 1 amide bonds. The molecule has 0 spiro atoms. The third-order valence-electron chi connectivity index (χ3n) is 4.25. The van der Waals surface area contributed by atoms with Crippen LogP contribution in [0.1, 0.15) is 17.4 Å². The molecule has 1 saturated heterocycles. The molecule has 2 atom stereocenters. The van der Waals surface area contributed by atoms with Crippen LogP contribution in [0.15, 0.2) is 11.4 Å². The molecule has 2 aliphatic rings. The minimum Gasteiger partial charge on any atom is -0.366 e. The monoisotopic (exact) mass is 381 g/mol. The second kappa shape index (κ2) is 9.81. The summed E-state index contributed by atoms with van der Waals surface area (Å²) in [5.41, 5.74) is 1.45. The van der Waals surface area contributed by atoms with Gasteiger partial charge in [0.25, 0.3) is 5.91 Å². The average molecular weight is 382 g/mol. The summed E-state index contributed by atoms with van der Waals surface area (Å²) in [5.74, 6) is 0.00211. The topological polar surface area (TPSA) is 53.6 Å². The van der Waals surface area contributed by atoms with Gasteiger partial charge in [0.2, 0.25) is 0 Å². The molecule has 1 unspecified atom stereocenters. The molecule has 1 fully saturated rings. The molecule has 8 heteroatoms. The molecule has 2 aliphatic heterocycles. The molecule has 3 heterocycles. The normalized spacial score (nSPS) is 22.2. The quantitative estimate of drug-likeness (QED) is 0.828. The van der Waals surface area contributed by atoms with E-state index in [0.29, 0.717) is 25.7 Å². The van der Waals surface area contributed by atoms with Gasteiger partial charge in [-0.1, -0.05) is 0 Å². The van der Waals surface area contributed by atoms with Gasteiger partial charge in [0, 0.05) is 43.6 Å². The second-order valence-corrected chi connectivity index (χ2v) is 6.75. The first kappa shape index (κ1) is 20.7. The summed E-state index contributed by atoms with van der Waals surface area (Å²) in [5, 5.41) is 8.38. The van der Waals surface area contributed by atoms with Crippen molar-refractivity contribution in [3.05, 3.63) is 21.9 Å². The van der Waals surface area contributed by atoms with Crippen molar-refractivity contribution in [2.75, 3.05) is 32.8 Å². The lowest BCUT2D eigenvalue weighted by atomic mass is 10.1. The smallest absolute Gasteiger partial charge is 0.250 e. The lowest BCUT2D eigenvalue weighted by molar-refractivity contribution is -0.134. The van der Waals surface area contributed by atoms with E-state index in [2.05, 4.69) is 33.9 Å². The maximum Gasteiger partial charge on any atom is 0.250 e. The van der Waals surface area contributed by atoms with Crippen molar-refractivity contribution >= 4 is 42.1 Å². The zero-order valence-corrected chi connectivity index (χ0v) is 15.7. The second-order valence-electron chi connectivity index (χ2n) is 5.75. The van der Waals surface area contributed by atoms with Gasteiger partial charge in [-0.3, -0.25) is 9.69 Å². The maximum atomic E-state index is 12.0. The Kier molecular flexibility index (Phi) is 8.82. The fourth-order valence-electron chi connectivity index (χ4n) is 2.87. The Balaban J connectivity index is 0.00000132. The van der Waals surface area contributed by atoms with E-state index in [1.807, 2.05) is 11.3 Å². The number of hydrogen-bond donors (Lipinski definition) is 2. The third-order valence-corrected chi connectivity index (χ3v) is 5.28. The minimum atomic E-state index is -0.337. The van der Waals surface area contributed by atoms with Gasteiger partial charge >= 0.3 is 0 Å². The van der Waals surface area contributed by atoms with Crippen LogP contribution in [0, 0.1) is 0 Å². The Morgan fingerprint density at radius 1 is 1.57 bits per heavy atom. The van der Waals surface area contributed by atoms with Crippen LogP contribution in [0.4, 0.5) is 0 Å². The molecule has 0 radical (unpaired) electrons. The van der Waals surface area contributed by atoms with E-state index in [4.69, 9.17) is 4.74 Å². The van der Waals surface area contributed by atoms with E-state index >= 15 is 0 Å². The summed E-state index contributed by atoms with van der Waals surface area (Å²) in [6.45, 7) is 6.99. The summed E-state index contributed by atoms with van der Waals surface area (Å²) >= 11 is 1.86. The predicted octanol–water partition coefficient (Wildman–Crippen LogP) is 1.44. The number of rotatable bonds is 4. The van der Waals surface area contributed by atoms with Gasteiger partial charge in [-0.2, -0.15) is 0 Å². The van der Waals surface area contributed by atoms with E-state index < -0.39 is 0 Å². The number of carbonyl (C=O) groups excluding carboxylic acids is 1. The Bertz CT molecular complexity index is 495. The van der Waals surface area contributed by atoms with Crippen LogP contribution in [-0.2, 0) is 22.5 Å². The van der Waals surface area contributed by atoms with Gasteiger partial charge in [-0.15, -0.1) is 36.2 Å². The number of amides is 1. The molecule has 1 aromatic heterocycles. The Hall–Kier alpha value is -0.370. The van der Waals surface area contributed by atoms with Crippen molar-refractivity contribution in [1.29, 1.82) is 0 Å². The third kappa shape index (κ3) is 5.31. The summed E-state index contributed by atoms with van der Waals surface area (Å²) in [7, 11) is 0. The van der Waals surface area contributed by atoms with Crippen LogP contribution < -0.4 is 10.6 Å². The first-order valence-electron chi connectivity index (χ1n) is 7.63. The van der Waals surface area contributed by atoms with Crippen LogP contribution in [0.3, 0.4) is 0 Å². The van der Waals surface area contributed by atoms with E-state index in [1.165, 1.54) is 10.4 Å². The fourth-order valence-corrected chi connectivity index (χ4v) is 3.76. The number of fused-ring (bicyclic) bond motifs is 1. The van der Waals surface area contributed by atoms with Gasteiger partial charge in [-0.05, 0) is 30.4 Å². The highest BCUT2D eigenvalue weighted by Crippen LogP contribution is 2.24. The fraction of sp³-hybridized carbons (Fsp3) is 0.667. The first-order chi connectivity index (χ1) is 10.2. The Labute approximate surface area is 154 Å². The number of hydrogen-bond acceptors (Lipinski definition) is 5. The molecule has 0 aromatic carbocycles. The van der Waals surface area contributed by atoms with Crippen molar-refractivity contribution in [2.24, 2.45) is 0 Å². The molecule has 0 aliphatic carbocycles. The molecule has 23 heavy (non-hydrogen) atoms. The van der Waals surface area contributed by atoms with E-state index in [9.17, 15) is 4.79 Å². The lowest BCUT2D eigenvalue weighted by Gasteiger charge is -2.33. The Morgan fingerprint density at radius 3 is 3.13 bits per heavy atom.